The number of thiazole rings is 1. The Kier molecular flexibility index (Phi) is 10.5. The van der Waals surface area contributed by atoms with Gasteiger partial charge in [-0.2, -0.15) is 0 Å². The van der Waals surface area contributed by atoms with Crippen LogP contribution >= 0.6 is 36.2 Å². The number of nitrogens with zero attached hydrogens (tertiary/aromatic N) is 2. The van der Waals surface area contributed by atoms with Gasteiger partial charge in [0.05, 0.1) is 23.8 Å². The average molecular weight is 461 g/mol. The van der Waals surface area contributed by atoms with Gasteiger partial charge in [-0.15, -0.1) is 36.2 Å². The molecular formula is C20H30Cl2N4O2S. The van der Waals surface area contributed by atoms with Gasteiger partial charge in [-0.05, 0) is 19.4 Å². The number of halogens is 2. The van der Waals surface area contributed by atoms with Crippen LogP contribution in [0.15, 0.2) is 35.7 Å². The molecule has 0 radical (unpaired) electrons. The van der Waals surface area contributed by atoms with Crippen molar-refractivity contribution in [2.24, 2.45) is 11.7 Å². The fourth-order valence-corrected chi connectivity index (χ4v) is 4.13. The number of amides is 1. The second kappa shape index (κ2) is 11.8. The molecule has 0 saturated carbocycles. The summed E-state index contributed by atoms with van der Waals surface area (Å²) >= 11 is 1.45. The van der Waals surface area contributed by atoms with E-state index in [-0.39, 0.29) is 54.9 Å². The number of morpholine rings is 1. The molecule has 4 unspecified atom stereocenters. The molecule has 1 saturated heterocycles. The molecule has 2 heterocycles. The summed E-state index contributed by atoms with van der Waals surface area (Å²) in [6.45, 7) is 8.58. The Morgan fingerprint density at radius 1 is 1.28 bits per heavy atom. The molecule has 0 aliphatic carbocycles. The molecule has 0 spiro atoms. The lowest BCUT2D eigenvalue weighted by Gasteiger charge is -2.34. The molecule has 9 heteroatoms. The maximum atomic E-state index is 12.6. The zero-order valence-corrected chi connectivity index (χ0v) is 19.4. The summed E-state index contributed by atoms with van der Waals surface area (Å²) in [7, 11) is 0. The second-order valence-corrected chi connectivity index (χ2v) is 8.17. The summed E-state index contributed by atoms with van der Waals surface area (Å²) in [5.41, 5.74) is 8.17. The van der Waals surface area contributed by atoms with E-state index in [1.807, 2.05) is 42.6 Å². The van der Waals surface area contributed by atoms with Gasteiger partial charge in [0.1, 0.15) is 0 Å². The highest BCUT2D eigenvalue weighted by molar-refractivity contribution is 7.13. The van der Waals surface area contributed by atoms with Gasteiger partial charge in [0.15, 0.2) is 5.13 Å². The van der Waals surface area contributed by atoms with E-state index in [0.29, 0.717) is 5.13 Å². The Bertz CT molecular complexity index is 752. The number of nitrogens with one attached hydrogen (secondary N) is 1. The third-order valence-corrected chi connectivity index (χ3v) is 5.61. The van der Waals surface area contributed by atoms with Crippen LogP contribution in [0, 0.1) is 5.92 Å². The molecule has 1 aliphatic heterocycles. The van der Waals surface area contributed by atoms with Crippen LogP contribution in [0.2, 0.25) is 0 Å². The van der Waals surface area contributed by atoms with E-state index < -0.39 is 0 Å². The van der Waals surface area contributed by atoms with E-state index in [9.17, 15) is 4.79 Å². The maximum absolute atomic E-state index is 12.6. The van der Waals surface area contributed by atoms with E-state index in [1.54, 1.807) is 0 Å². The zero-order valence-electron chi connectivity index (χ0n) is 16.9. The van der Waals surface area contributed by atoms with Crippen molar-refractivity contribution < 1.29 is 9.53 Å². The smallest absolute Gasteiger partial charge is 0.230 e. The molecule has 4 atom stereocenters. The van der Waals surface area contributed by atoms with Crippen molar-refractivity contribution >= 4 is 47.2 Å². The fourth-order valence-electron chi connectivity index (χ4n) is 3.43. The van der Waals surface area contributed by atoms with E-state index in [2.05, 4.69) is 29.0 Å². The van der Waals surface area contributed by atoms with Crippen LogP contribution in [0.3, 0.4) is 0 Å². The Morgan fingerprint density at radius 2 is 1.90 bits per heavy atom. The SMILES string of the molecule is CC1CN(Cc2csc(NC(=O)C(C)C(N)c3ccccc3)n2)CC(C)O1.Cl.Cl. The quantitative estimate of drug-likeness (QED) is 0.683. The largest absolute Gasteiger partial charge is 0.373 e. The molecule has 3 N–H and O–H groups in total. The Morgan fingerprint density at radius 3 is 2.52 bits per heavy atom. The van der Waals surface area contributed by atoms with Crippen molar-refractivity contribution in [2.75, 3.05) is 18.4 Å². The predicted molar refractivity (Wildman–Crippen MR) is 123 cm³/mol. The van der Waals surface area contributed by atoms with Gasteiger partial charge in [0.25, 0.3) is 0 Å². The molecule has 1 aromatic carbocycles. The summed E-state index contributed by atoms with van der Waals surface area (Å²) in [6.07, 6.45) is 0.457. The number of rotatable bonds is 6. The van der Waals surface area contributed by atoms with Crippen LogP contribution in [0.25, 0.3) is 0 Å². The van der Waals surface area contributed by atoms with Crippen molar-refractivity contribution in [3.05, 3.63) is 47.0 Å². The van der Waals surface area contributed by atoms with Crippen molar-refractivity contribution in [1.29, 1.82) is 0 Å². The van der Waals surface area contributed by atoms with E-state index in [0.717, 1.165) is 30.9 Å². The Labute approximate surface area is 189 Å². The van der Waals surface area contributed by atoms with Crippen LogP contribution < -0.4 is 11.1 Å². The number of carbonyl (C=O) groups is 1. The van der Waals surface area contributed by atoms with Gasteiger partial charge in [-0.1, -0.05) is 37.3 Å². The van der Waals surface area contributed by atoms with Crippen LogP contribution in [-0.2, 0) is 16.1 Å². The lowest BCUT2D eigenvalue weighted by Crippen LogP contribution is -2.44. The highest BCUT2D eigenvalue weighted by Crippen LogP contribution is 2.23. The monoisotopic (exact) mass is 460 g/mol. The summed E-state index contributed by atoms with van der Waals surface area (Å²) < 4.78 is 5.77. The van der Waals surface area contributed by atoms with Gasteiger partial charge in [0.2, 0.25) is 5.91 Å². The molecule has 6 nitrogen and oxygen atoms in total. The second-order valence-electron chi connectivity index (χ2n) is 7.31. The minimum Gasteiger partial charge on any atom is -0.373 e. The molecule has 1 fully saturated rings. The van der Waals surface area contributed by atoms with Crippen molar-refractivity contribution in [3.63, 3.8) is 0 Å². The molecule has 29 heavy (non-hydrogen) atoms. The van der Waals surface area contributed by atoms with Gasteiger partial charge in [-0.25, -0.2) is 4.98 Å². The first-order valence-electron chi connectivity index (χ1n) is 9.36. The number of benzene rings is 1. The van der Waals surface area contributed by atoms with Crippen LogP contribution in [0.5, 0.6) is 0 Å². The minimum atomic E-state index is -0.347. The lowest BCUT2D eigenvalue weighted by molar-refractivity contribution is -0.120. The number of carbonyl (C=O) groups excluding carboxylic acids is 1. The van der Waals surface area contributed by atoms with E-state index in [4.69, 9.17) is 10.5 Å². The fraction of sp³-hybridized carbons (Fsp3) is 0.500. The Balaban J connectivity index is 0.00000210. The third kappa shape index (κ3) is 7.20. The van der Waals surface area contributed by atoms with Gasteiger partial charge in [0, 0.05) is 31.1 Å². The first-order chi connectivity index (χ1) is 12.9. The molecule has 2 aromatic rings. The number of ether oxygens (including phenoxy) is 1. The van der Waals surface area contributed by atoms with Gasteiger partial charge >= 0.3 is 0 Å². The van der Waals surface area contributed by atoms with Gasteiger partial charge in [-0.3, -0.25) is 9.69 Å². The summed E-state index contributed by atoms with van der Waals surface area (Å²) in [5, 5.41) is 5.54. The normalized spacial score (nSPS) is 21.4. The molecular weight excluding hydrogens is 431 g/mol. The highest BCUT2D eigenvalue weighted by atomic mass is 35.5. The lowest BCUT2D eigenvalue weighted by atomic mass is 9.95. The predicted octanol–water partition coefficient (Wildman–Crippen LogP) is 3.87. The van der Waals surface area contributed by atoms with Crippen molar-refractivity contribution in [2.45, 2.75) is 45.6 Å². The van der Waals surface area contributed by atoms with Gasteiger partial charge < -0.3 is 15.8 Å². The molecule has 1 amide bonds. The summed E-state index contributed by atoms with van der Waals surface area (Å²) in [4.78, 5) is 19.5. The van der Waals surface area contributed by atoms with Crippen LogP contribution in [0.1, 0.15) is 38.1 Å². The minimum absolute atomic E-state index is 0. The third-order valence-electron chi connectivity index (χ3n) is 4.80. The highest BCUT2D eigenvalue weighted by Gasteiger charge is 2.24. The number of hydrogen-bond acceptors (Lipinski definition) is 6. The Hall–Kier alpha value is -1.22. The average Bonchev–Trinajstić information content (AvgIpc) is 3.07. The molecule has 1 aliphatic rings. The molecule has 0 bridgehead atoms. The number of hydrogen-bond donors (Lipinski definition) is 2. The molecule has 3 rings (SSSR count). The number of aromatic nitrogens is 1. The number of anilines is 1. The first-order valence-corrected chi connectivity index (χ1v) is 10.2. The number of nitrogens with two attached hydrogens (primary N) is 1. The van der Waals surface area contributed by atoms with Crippen molar-refractivity contribution in [3.8, 4) is 0 Å². The first kappa shape index (κ1) is 25.8. The standard InChI is InChI=1S/C20H28N4O2S.2ClH/c1-13-9-24(10-14(2)26-13)11-17-12-27-20(22-17)23-19(25)15(3)18(21)16-7-5-4-6-8-16;;/h4-8,12-15,18H,9-11,21H2,1-3H3,(H,22,23,25);2*1H. The van der Waals surface area contributed by atoms with E-state index >= 15 is 0 Å². The topological polar surface area (TPSA) is 80.5 Å². The summed E-state index contributed by atoms with van der Waals surface area (Å²) in [6, 6.07) is 9.34. The van der Waals surface area contributed by atoms with Crippen molar-refractivity contribution in [1.82, 2.24) is 9.88 Å². The van der Waals surface area contributed by atoms with E-state index in [1.165, 1.54) is 11.3 Å². The van der Waals surface area contributed by atoms with Crippen LogP contribution in [0.4, 0.5) is 5.13 Å². The zero-order chi connectivity index (χ0) is 19.4. The van der Waals surface area contributed by atoms with Crippen LogP contribution in [-0.4, -0.2) is 41.1 Å². The summed E-state index contributed by atoms with van der Waals surface area (Å²) in [5.74, 6) is -0.457. The maximum Gasteiger partial charge on any atom is 0.230 e. The molecule has 1 aromatic heterocycles. The molecule has 162 valence electrons.